The van der Waals surface area contributed by atoms with Crippen LogP contribution in [0.15, 0.2) is 60.7 Å². The first kappa shape index (κ1) is 32.9. The molecule has 5 heteroatoms. The second kappa shape index (κ2) is 14.5. The van der Waals surface area contributed by atoms with Crippen LogP contribution in [0.3, 0.4) is 0 Å². The Labute approximate surface area is 229 Å². The molecule has 2 rings (SSSR count). The molecule has 0 unspecified atom stereocenters. The van der Waals surface area contributed by atoms with Gasteiger partial charge in [0.25, 0.3) is 0 Å². The quantitative estimate of drug-likeness (QED) is 0.252. The molecule has 0 spiro atoms. The van der Waals surface area contributed by atoms with Crippen molar-refractivity contribution in [3.8, 4) is 0 Å². The minimum absolute atomic E-state index is 0. The zero-order valence-electron chi connectivity index (χ0n) is 22.2. The van der Waals surface area contributed by atoms with Gasteiger partial charge in [0.2, 0.25) is 0 Å². The summed E-state index contributed by atoms with van der Waals surface area (Å²) in [5.41, 5.74) is 6.34. The Morgan fingerprint density at radius 1 is 0.576 bits per heavy atom. The largest absolute Gasteiger partial charge is 2.00 e. The van der Waals surface area contributed by atoms with Crippen molar-refractivity contribution >= 4 is 46.9 Å². The van der Waals surface area contributed by atoms with Crippen molar-refractivity contribution in [2.45, 2.75) is 76.6 Å². The molecule has 0 saturated heterocycles. The summed E-state index contributed by atoms with van der Waals surface area (Å²) in [4.78, 5) is 0. The molecule has 2 aromatic carbocycles. The number of rotatable bonds is 7. The minimum Gasteiger partial charge on any atom is -0.207 e. The molecule has 0 aliphatic carbocycles. The SMILES string of the molecule is CC(C)(C)SC[B-](CSC(C)(C)C)(CSC(C)(C)C)c1ccccc1.[CH2-]c1ccccc1.[Co+2]. The Morgan fingerprint density at radius 3 is 1.12 bits per heavy atom. The molecule has 187 valence electrons. The molecule has 2 aromatic rings. The first-order chi connectivity index (χ1) is 14.6. The van der Waals surface area contributed by atoms with E-state index in [0.717, 1.165) is 5.56 Å². The topological polar surface area (TPSA) is 0 Å². The van der Waals surface area contributed by atoms with Gasteiger partial charge >= 0.3 is 16.8 Å². The third kappa shape index (κ3) is 15.5. The summed E-state index contributed by atoms with van der Waals surface area (Å²) in [6.45, 7) is 24.8. The summed E-state index contributed by atoms with van der Waals surface area (Å²) in [5.74, 6) is 0. The predicted octanol–water partition coefficient (Wildman–Crippen LogP) is 8.42. The molecule has 0 aliphatic rings. The van der Waals surface area contributed by atoms with E-state index in [0.29, 0.717) is 14.2 Å². The Bertz CT molecular complexity index is 714. The summed E-state index contributed by atoms with van der Waals surface area (Å²) >= 11 is 6.41. The summed E-state index contributed by atoms with van der Waals surface area (Å²) in [6, 6.07) is 21.2. The smallest absolute Gasteiger partial charge is 0.207 e. The molecular formula is C28H45BCoS3. The van der Waals surface area contributed by atoms with Crippen LogP contribution in [0.5, 0.6) is 0 Å². The van der Waals surface area contributed by atoms with Gasteiger partial charge in [0.05, 0.1) is 6.15 Å². The van der Waals surface area contributed by atoms with E-state index in [1.165, 1.54) is 17.0 Å². The number of hydrogen-bond acceptors (Lipinski definition) is 3. The number of benzene rings is 2. The van der Waals surface area contributed by atoms with Crippen molar-refractivity contribution < 1.29 is 16.8 Å². The van der Waals surface area contributed by atoms with Crippen molar-refractivity contribution in [1.82, 2.24) is 0 Å². The van der Waals surface area contributed by atoms with Crippen LogP contribution in [-0.4, -0.2) is 37.3 Å². The molecule has 0 N–H and O–H groups in total. The minimum atomic E-state index is -0.614. The normalized spacial score (nSPS) is 12.4. The third-order valence-corrected chi connectivity index (χ3v) is 9.87. The molecule has 0 saturated carbocycles. The first-order valence-electron chi connectivity index (χ1n) is 11.7. The van der Waals surface area contributed by atoms with Crippen LogP contribution >= 0.6 is 35.3 Å². The standard InChI is InChI=1S/C21H38BS3.C7H7.Co/c1-19(2,3)23-15-22(16-24-20(4,5)6,17-25-21(7,8)9)18-13-11-10-12-14-18;1-7-5-3-2-4-6-7;/h10-14H,15-17H2,1-9H3;2-6H,1H2;/q2*-1;+2. The van der Waals surface area contributed by atoms with Crippen LogP contribution in [0.25, 0.3) is 0 Å². The van der Waals surface area contributed by atoms with E-state index in [2.05, 4.69) is 135 Å². The van der Waals surface area contributed by atoms with E-state index < -0.39 is 6.15 Å². The average Bonchev–Trinajstić information content (AvgIpc) is 2.67. The Kier molecular flexibility index (Phi) is 14.5. The summed E-state index contributed by atoms with van der Waals surface area (Å²) in [5, 5.41) is 0. The number of thioether (sulfide) groups is 3. The fourth-order valence-electron chi connectivity index (χ4n) is 3.00. The van der Waals surface area contributed by atoms with Gasteiger partial charge in [-0.2, -0.15) is 59.9 Å². The van der Waals surface area contributed by atoms with Gasteiger partial charge in [0.15, 0.2) is 0 Å². The second-order valence-electron chi connectivity index (χ2n) is 11.6. The van der Waals surface area contributed by atoms with Crippen molar-refractivity contribution in [3.05, 3.63) is 73.2 Å². The summed E-state index contributed by atoms with van der Waals surface area (Å²) in [6.07, 6.45) is -0.614. The van der Waals surface area contributed by atoms with Gasteiger partial charge in [0, 0.05) is 14.2 Å². The first-order valence-corrected chi connectivity index (χ1v) is 14.6. The van der Waals surface area contributed by atoms with Gasteiger partial charge in [-0.3, -0.25) is 0 Å². The van der Waals surface area contributed by atoms with Gasteiger partial charge < -0.3 is 0 Å². The number of hydrogen-bond donors (Lipinski definition) is 0. The van der Waals surface area contributed by atoms with Gasteiger partial charge in [-0.25, -0.2) is 5.46 Å². The fraction of sp³-hybridized carbons (Fsp3) is 0.536. The summed E-state index contributed by atoms with van der Waals surface area (Å²) < 4.78 is 0.918. The molecule has 0 fully saturated rings. The molecule has 0 aliphatic heterocycles. The van der Waals surface area contributed by atoms with E-state index in [1.807, 2.05) is 30.3 Å². The Balaban J connectivity index is 0.00000109. The van der Waals surface area contributed by atoms with Crippen LogP contribution in [-0.2, 0) is 16.8 Å². The zero-order valence-corrected chi connectivity index (χ0v) is 25.7. The summed E-state index contributed by atoms with van der Waals surface area (Å²) in [7, 11) is 0. The van der Waals surface area contributed by atoms with Crippen molar-refractivity contribution in [3.63, 3.8) is 0 Å². The maximum Gasteiger partial charge on any atom is 2.00 e. The maximum atomic E-state index is 3.72. The van der Waals surface area contributed by atoms with Crippen molar-refractivity contribution in [2.75, 3.05) is 17.0 Å². The molecule has 33 heavy (non-hydrogen) atoms. The molecule has 0 bridgehead atoms. The van der Waals surface area contributed by atoms with E-state index in [9.17, 15) is 0 Å². The fourth-order valence-corrected chi connectivity index (χ4v) is 7.19. The van der Waals surface area contributed by atoms with Gasteiger partial charge in [0.1, 0.15) is 0 Å². The molecule has 0 atom stereocenters. The monoisotopic (exact) mass is 547 g/mol. The average molecular weight is 548 g/mol. The van der Waals surface area contributed by atoms with Gasteiger partial charge in [-0.05, 0) is 0 Å². The maximum absolute atomic E-state index is 3.72. The molecule has 0 heterocycles. The van der Waals surface area contributed by atoms with E-state index in [4.69, 9.17) is 0 Å². The molecule has 0 nitrogen and oxygen atoms in total. The molecule has 1 radical (unpaired) electrons. The molecular weight excluding hydrogens is 502 g/mol. The van der Waals surface area contributed by atoms with E-state index in [1.54, 1.807) is 5.46 Å². The van der Waals surface area contributed by atoms with Crippen LogP contribution in [0.1, 0.15) is 67.9 Å². The van der Waals surface area contributed by atoms with Crippen LogP contribution < -0.4 is 5.46 Å². The predicted molar refractivity (Wildman–Crippen MR) is 159 cm³/mol. The Morgan fingerprint density at radius 2 is 0.879 bits per heavy atom. The Hall–Kier alpha value is -0.0686. The van der Waals surface area contributed by atoms with Crippen LogP contribution in [0.4, 0.5) is 0 Å². The van der Waals surface area contributed by atoms with Gasteiger partial charge in [-0.1, -0.05) is 98.7 Å². The third-order valence-electron chi connectivity index (χ3n) is 4.86. The zero-order chi connectivity index (χ0) is 24.5. The molecule has 0 aromatic heterocycles. The van der Waals surface area contributed by atoms with E-state index >= 15 is 0 Å². The van der Waals surface area contributed by atoms with Crippen LogP contribution in [0, 0.1) is 6.92 Å². The van der Waals surface area contributed by atoms with Gasteiger partial charge in [-0.15, -0.1) is 29.1 Å². The molecule has 0 amide bonds. The van der Waals surface area contributed by atoms with Crippen LogP contribution in [0.2, 0.25) is 0 Å². The second-order valence-corrected chi connectivity index (χ2v) is 17.2. The van der Waals surface area contributed by atoms with Crippen molar-refractivity contribution in [2.24, 2.45) is 0 Å². The van der Waals surface area contributed by atoms with Crippen molar-refractivity contribution in [1.29, 1.82) is 0 Å². The van der Waals surface area contributed by atoms with E-state index in [-0.39, 0.29) is 16.8 Å².